The summed E-state index contributed by atoms with van der Waals surface area (Å²) in [6.07, 6.45) is 5.03. The molecule has 6 nitrogen and oxygen atoms in total. The van der Waals surface area contributed by atoms with Crippen LogP contribution >= 0.6 is 0 Å². The topological polar surface area (TPSA) is 55.4 Å². The van der Waals surface area contributed by atoms with Crippen LogP contribution in [-0.4, -0.2) is 79.3 Å². The van der Waals surface area contributed by atoms with E-state index in [-0.39, 0.29) is 0 Å². The Labute approximate surface area is 128 Å². The number of hydrogen-bond donors (Lipinski definition) is 0. The van der Waals surface area contributed by atoms with Crippen molar-refractivity contribution in [2.45, 2.75) is 6.92 Å². The molecule has 0 bridgehead atoms. The molecule has 0 aliphatic heterocycles. The van der Waals surface area contributed by atoms with Gasteiger partial charge in [0.2, 0.25) is 0 Å². The SMILES string of the molecule is C#CCOCCOCCOCCOCCOCCOCC. The fraction of sp³-hybridized carbons (Fsp3) is 0.867. The first-order valence-corrected chi connectivity index (χ1v) is 7.31. The Bertz CT molecular complexity index is 229. The van der Waals surface area contributed by atoms with Gasteiger partial charge in [0.05, 0.1) is 66.1 Å². The summed E-state index contributed by atoms with van der Waals surface area (Å²) in [5.74, 6) is 2.39. The number of ether oxygens (including phenoxy) is 6. The summed E-state index contributed by atoms with van der Waals surface area (Å²) in [5.41, 5.74) is 0. The van der Waals surface area contributed by atoms with E-state index in [1.54, 1.807) is 0 Å². The molecule has 0 N–H and O–H groups in total. The zero-order valence-electron chi connectivity index (χ0n) is 13.0. The maximum absolute atomic E-state index is 5.34. The van der Waals surface area contributed by atoms with Crippen LogP contribution in [0.25, 0.3) is 0 Å². The highest BCUT2D eigenvalue weighted by molar-refractivity contribution is 4.82. The molecule has 0 aromatic rings. The van der Waals surface area contributed by atoms with Gasteiger partial charge in [0.1, 0.15) is 6.61 Å². The van der Waals surface area contributed by atoms with Crippen molar-refractivity contribution in [2.24, 2.45) is 0 Å². The summed E-state index contributed by atoms with van der Waals surface area (Å²) in [5, 5.41) is 0. The van der Waals surface area contributed by atoms with Crippen LogP contribution in [0, 0.1) is 12.3 Å². The van der Waals surface area contributed by atoms with Crippen molar-refractivity contribution in [3.05, 3.63) is 0 Å². The van der Waals surface area contributed by atoms with E-state index in [0.717, 1.165) is 6.61 Å². The minimum atomic E-state index is 0.326. The molecule has 0 heterocycles. The van der Waals surface area contributed by atoms with E-state index in [1.165, 1.54) is 0 Å². The van der Waals surface area contributed by atoms with E-state index < -0.39 is 0 Å². The molecule has 0 saturated carbocycles. The van der Waals surface area contributed by atoms with Crippen LogP contribution in [0.15, 0.2) is 0 Å². The quantitative estimate of drug-likeness (QED) is 0.292. The maximum Gasteiger partial charge on any atom is 0.107 e. The van der Waals surface area contributed by atoms with Gasteiger partial charge in [0.15, 0.2) is 0 Å². The third-order valence-electron chi connectivity index (χ3n) is 2.25. The molecule has 0 rings (SSSR count). The van der Waals surface area contributed by atoms with Crippen molar-refractivity contribution >= 4 is 0 Å². The van der Waals surface area contributed by atoms with Gasteiger partial charge in [-0.2, -0.15) is 0 Å². The third kappa shape index (κ3) is 19.3. The zero-order chi connectivity index (χ0) is 15.4. The first-order valence-electron chi connectivity index (χ1n) is 7.31. The van der Waals surface area contributed by atoms with Crippen molar-refractivity contribution in [3.8, 4) is 12.3 Å². The second kappa shape index (κ2) is 19.3. The normalized spacial score (nSPS) is 10.7. The molecule has 6 heteroatoms. The van der Waals surface area contributed by atoms with Gasteiger partial charge in [-0.3, -0.25) is 0 Å². The van der Waals surface area contributed by atoms with Crippen molar-refractivity contribution in [3.63, 3.8) is 0 Å². The summed E-state index contributed by atoms with van der Waals surface area (Å²) >= 11 is 0. The average Bonchev–Trinajstić information content (AvgIpc) is 2.50. The molecule has 0 unspecified atom stereocenters. The number of hydrogen-bond acceptors (Lipinski definition) is 6. The van der Waals surface area contributed by atoms with E-state index in [1.807, 2.05) is 6.92 Å². The zero-order valence-corrected chi connectivity index (χ0v) is 13.0. The molecule has 124 valence electrons. The highest BCUT2D eigenvalue weighted by atomic mass is 16.6. The maximum atomic E-state index is 5.34. The molecule has 0 saturated heterocycles. The Morgan fingerprint density at radius 2 is 0.905 bits per heavy atom. The first kappa shape index (κ1) is 20.3. The lowest BCUT2D eigenvalue weighted by Gasteiger charge is -2.07. The van der Waals surface area contributed by atoms with E-state index in [4.69, 9.17) is 34.8 Å². The second-order valence-corrected chi connectivity index (χ2v) is 3.90. The summed E-state index contributed by atoms with van der Waals surface area (Å²) in [4.78, 5) is 0. The molecule has 0 radical (unpaired) electrons. The summed E-state index contributed by atoms with van der Waals surface area (Å²) in [6, 6.07) is 0. The minimum Gasteiger partial charge on any atom is -0.379 e. The Morgan fingerprint density at radius 1 is 0.571 bits per heavy atom. The van der Waals surface area contributed by atoms with E-state index in [9.17, 15) is 0 Å². The van der Waals surface area contributed by atoms with Gasteiger partial charge in [-0.1, -0.05) is 5.92 Å². The largest absolute Gasteiger partial charge is 0.379 e. The predicted molar refractivity (Wildman–Crippen MR) is 79.4 cm³/mol. The molecule has 0 amide bonds. The monoisotopic (exact) mass is 304 g/mol. The Balaban J connectivity index is 2.92. The first-order chi connectivity index (χ1) is 10.4. The highest BCUT2D eigenvalue weighted by Crippen LogP contribution is 1.84. The van der Waals surface area contributed by atoms with Gasteiger partial charge in [-0.25, -0.2) is 0 Å². The van der Waals surface area contributed by atoms with Gasteiger partial charge < -0.3 is 28.4 Å². The van der Waals surface area contributed by atoms with Gasteiger partial charge in [-0.15, -0.1) is 6.42 Å². The summed E-state index contributed by atoms with van der Waals surface area (Å²) < 4.78 is 31.5. The molecular formula is C15H28O6. The molecule has 0 atom stereocenters. The van der Waals surface area contributed by atoms with Crippen molar-refractivity contribution in [1.82, 2.24) is 0 Å². The molecular weight excluding hydrogens is 276 g/mol. The van der Waals surface area contributed by atoms with Crippen molar-refractivity contribution < 1.29 is 28.4 Å². The number of terminal acetylenes is 1. The second-order valence-electron chi connectivity index (χ2n) is 3.90. The smallest absolute Gasteiger partial charge is 0.107 e. The summed E-state index contributed by atoms with van der Waals surface area (Å²) in [7, 11) is 0. The lowest BCUT2D eigenvalue weighted by molar-refractivity contribution is -0.0149. The predicted octanol–water partition coefficient (Wildman–Crippen LogP) is 0.739. The van der Waals surface area contributed by atoms with Crippen LogP contribution in [0.2, 0.25) is 0 Å². The van der Waals surface area contributed by atoms with Crippen molar-refractivity contribution in [2.75, 3.05) is 79.3 Å². The van der Waals surface area contributed by atoms with Crippen LogP contribution in [0.1, 0.15) is 6.92 Å². The van der Waals surface area contributed by atoms with Gasteiger partial charge in [0, 0.05) is 6.61 Å². The van der Waals surface area contributed by atoms with Crippen LogP contribution in [0.5, 0.6) is 0 Å². The fourth-order valence-corrected chi connectivity index (χ4v) is 1.27. The molecule has 0 aromatic carbocycles. The summed E-state index contributed by atoms with van der Waals surface area (Å²) in [6.45, 7) is 8.62. The molecule has 0 spiro atoms. The van der Waals surface area contributed by atoms with Crippen molar-refractivity contribution in [1.29, 1.82) is 0 Å². The Hall–Kier alpha value is -0.680. The highest BCUT2D eigenvalue weighted by Gasteiger charge is 1.93. The average molecular weight is 304 g/mol. The van der Waals surface area contributed by atoms with Gasteiger partial charge in [0.25, 0.3) is 0 Å². The van der Waals surface area contributed by atoms with Gasteiger partial charge >= 0.3 is 0 Å². The molecule has 0 fully saturated rings. The lowest BCUT2D eigenvalue weighted by atomic mass is 10.7. The Morgan fingerprint density at radius 3 is 1.24 bits per heavy atom. The minimum absolute atomic E-state index is 0.326. The van der Waals surface area contributed by atoms with Crippen LogP contribution in [-0.2, 0) is 28.4 Å². The van der Waals surface area contributed by atoms with Crippen LogP contribution in [0.4, 0.5) is 0 Å². The third-order valence-corrected chi connectivity index (χ3v) is 2.25. The number of rotatable bonds is 17. The fourth-order valence-electron chi connectivity index (χ4n) is 1.27. The standard InChI is InChI=1S/C15H28O6/c1-3-5-17-8-9-19-12-13-21-15-14-20-11-10-18-7-6-16-4-2/h1H,4-15H2,2H3. The molecule has 0 aliphatic carbocycles. The lowest BCUT2D eigenvalue weighted by Crippen LogP contribution is -2.14. The van der Waals surface area contributed by atoms with E-state index in [2.05, 4.69) is 5.92 Å². The molecule has 0 aliphatic rings. The van der Waals surface area contributed by atoms with E-state index >= 15 is 0 Å². The molecule has 21 heavy (non-hydrogen) atoms. The van der Waals surface area contributed by atoms with Gasteiger partial charge in [-0.05, 0) is 6.92 Å². The van der Waals surface area contributed by atoms with E-state index in [0.29, 0.717) is 72.7 Å². The Kier molecular flexibility index (Phi) is 18.7. The molecule has 0 aromatic heterocycles. The van der Waals surface area contributed by atoms with Crippen LogP contribution < -0.4 is 0 Å². The van der Waals surface area contributed by atoms with Crippen LogP contribution in [0.3, 0.4) is 0 Å².